The highest BCUT2D eigenvalue weighted by molar-refractivity contribution is 6.19. The van der Waals surface area contributed by atoms with Gasteiger partial charge in [-0.05, 0) is 78.9 Å². The van der Waals surface area contributed by atoms with Crippen LogP contribution in [-0.4, -0.2) is 28.7 Å². The van der Waals surface area contributed by atoms with Crippen LogP contribution in [0, 0.1) is 0 Å². The van der Waals surface area contributed by atoms with Gasteiger partial charge in [-0.15, -0.1) is 0 Å². The zero-order valence-corrected chi connectivity index (χ0v) is 34.0. The molecule has 9 aromatic carbocycles. The summed E-state index contributed by atoms with van der Waals surface area (Å²) in [7, 11) is 0. The van der Waals surface area contributed by atoms with Gasteiger partial charge in [0.05, 0.1) is 33.1 Å². The molecule has 0 aliphatic carbocycles. The van der Waals surface area contributed by atoms with Crippen molar-refractivity contribution in [2.75, 3.05) is 0 Å². The smallest absolute Gasteiger partial charge is 0.164 e. The SMILES string of the molecule is c1ccc(-c2nc(-c3ccccc3)nc(-c3ccc(-n4c5ccccc5c5cc6c7ccccc7n(-c7ccc8c9ccccc9n(-c9ccccc9)c8c7)c6cc54)cc3)n2)cc1. The third-order valence-electron chi connectivity index (χ3n) is 12.5. The molecule has 0 atom stereocenters. The second-order valence-corrected chi connectivity index (χ2v) is 16.1. The molecule has 4 heterocycles. The van der Waals surface area contributed by atoms with Crippen LogP contribution >= 0.6 is 0 Å². The van der Waals surface area contributed by atoms with Gasteiger partial charge in [0.25, 0.3) is 0 Å². The summed E-state index contributed by atoms with van der Waals surface area (Å²) in [5.74, 6) is 1.92. The Balaban J connectivity index is 1.01. The molecule has 0 saturated heterocycles. The summed E-state index contributed by atoms with van der Waals surface area (Å²) in [4.78, 5) is 14.9. The van der Waals surface area contributed by atoms with E-state index >= 15 is 0 Å². The Kier molecular flexibility index (Phi) is 7.80. The number of nitrogens with zero attached hydrogens (tertiary/aromatic N) is 6. The largest absolute Gasteiger partial charge is 0.309 e. The van der Waals surface area contributed by atoms with Crippen LogP contribution in [0.15, 0.2) is 218 Å². The highest BCUT2D eigenvalue weighted by Crippen LogP contribution is 2.41. The van der Waals surface area contributed by atoms with Gasteiger partial charge in [0, 0.05) is 66.1 Å². The number of hydrogen-bond acceptors (Lipinski definition) is 3. The quantitative estimate of drug-likeness (QED) is 0.168. The molecule has 13 rings (SSSR count). The van der Waals surface area contributed by atoms with Gasteiger partial charge < -0.3 is 13.7 Å². The summed E-state index contributed by atoms with van der Waals surface area (Å²) in [6, 6.07) is 77.5. The van der Waals surface area contributed by atoms with Gasteiger partial charge >= 0.3 is 0 Å². The molecular formula is C57H36N6. The summed E-state index contributed by atoms with van der Waals surface area (Å²) in [6.07, 6.45) is 0. The topological polar surface area (TPSA) is 53.5 Å². The van der Waals surface area contributed by atoms with Crippen molar-refractivity contribution in [2.45, 2.75) is 0 Å². The standard InChI is InChI=1S/C57H36N6/c1-4-16-37(17-5-1)55-58-56(38-18-6-2-7-19-38)60-57(59-55)39-28-30-41(31-29-39)62-50-26-14-11-23-44(50)47-35-48-45-24-12-15-27-51(45)63(54(48)36-53(47)62)42-32-33-46-43-22-10-13-25-49(43)61(52(46)34-42)40-20-8-3-9-21-40/h1-36H. The lowest BCUT2D eigenvalue weighted by Crippen LogP contribution is -2.00. The van der Waals surface area contributed by atoms with Crippen LogP contribution in [0.3, 0.4) is 0 Å². The molecule has 0 unspecified atom stereocenters. The molecule has 13 aromatic rings. The monoisotopic (exact) mass is 804 g/mol. The average molecular weight is 805 g/mol. The Morgan fingerprint density at radius 1 is 0.222 bits per heavy atom. The fraction of sp³-hybridized carbons (Fsp3) is 0. The van der Waals surface area contributed by atoms with Gasteiger partial charge in [0.15, 0.2) is 17.5 Å². The molecule has 0 aliphatic rings. The van der Waals surface area contributed by atoms with Crippen LogP contribution in [0.4, 0.5) is 0 Å². The van der Waals surface area contributed by atoms with E-state index in [2.05, 4.69) is 171 Å². The summed E-state index contributed by atoms with van der Waals surface area (Å²) >= 11 is 0. The Morgan fingerprint density at radius 3 is 1.08 bits per heavy atom. The second kappa shape index (κ2) is 14.0. The van der Waals surface area contributed by atoms with E-state index in [0.29, 0.717) is 17.5 Å². The second-order valence-electron chi connectivity index (χ2n) is 16.1. The van der Waals surface area contributed by atoms with E-state index in [4.69, 9.17) is 15.0 Å². The van der Waals surface area contributed by atoms with Crippen LogP contribution in [0.2, 0.25) is 0 Å². The summed E-state index contributed by atoms with van der Waals surface area (Å²) < 4.78 is 7.23. The Bertz CT molecular complexity index is 3820. The maximum atomic E-state index is 5.01. The van der Waals surface area contributed by atoms with E-state index < -0.39 is 0 Å². The Labute approximate surface area is 362 Å². The third-order valence-corrected chi connectivity index (χ3v) is 12.5. The highest BCUT2D eigenvalue weighted by atomic mass is 15.0. The Morgan fingerprint density at radius 2 is 0.571 bits per heavy atom. The van der Waals surface area contributed by atoms with E-state index in [-0.39, 0.29) is 0 Å². The summed E-state index contributed by atoms with van der Waals surface area (Å²) in [6.45, 7) is 0. The predicted octanol–water partition coefficient (Wildman–Crippen LogP) is 14.2. The van der Waals surface area contributed by atoms with Gasteiger partial charge in [0.2, 0.25) is 0 Å². The van der Waals surface area contributed by atoms with Crippen molar-refractivity contribution in [2.24, 2.45) is 0 Å². The molecule has 0 radical (unpaired) electrons. The van der Waals surface area contributed by atoms with Crippen LogP contribution in [0.5, 0.6) is 0 Å². The first-order valence-electron chi connectivity index (χ1n) is 21.3. The van der Waals surface area contributed by atoms with E-state index in [1.807, 2.05) is 60.7 Å². The molecule has 0 N–H and O–H groups in total. The highest BCUT2D eigenvalue weighted by Gasteiger charge is 2.21. The molecule has 63 heavy (non-hydrogen) atoms. The number of fused-ring (bicyclic) bond motifs is 9. The van der Waals surface area contributed by atoms with Crippen molar-refractivity contribution in [3.05, 3.63) is 218 Å². The van der Waals surface area contributed by atoms with Crippen molar-refractivity contribution in [3.63, 3.8) is 0 Å². The summed E-state index contributed by atoms with van der Waals surface area (Å²) in [5.41, 5.74) is 13.1. The van der Waals surface area contributed by atoms with Crippen LogP contribution in [0.25, 0.3) is 117 Å². The molecule has 4 aromatic heterocycles. The maximum absolute atomic E-state index is 5.01. The van der Waals surface area contributed by atoms with Crippen LogP contribution < -0.4 is 0 Å². The van der Waals surface area contributed by atoms with Gasteiger partial charge in [-0.1, -0.05) is 140 Å². The predicted molar refractivity (Wildman–Crippen MR) is 259 cm³/mol. The lowest BCUT2D eigenvalue weighted by molar-refractivity contribution is 1.07. The lowest BCUT2D eigenvalue weighted by Gasteiger charge is -2.12. The number of rotatable bonds is 6. The first-order chi connectivity index (χ1) is 31.2. The maximum Gasteiger partial charge on any atom is 0.164 e. The number of hydrogen-bond donors (Lipinski definition) is 0. The molecule has 0 aliphatic heterocycles. The van der Waals surface area contributed by atoms with Crippen LogP contribution in [-0.2, 0) is 0 Å². The van der Waals surface area contributed by atoms with Crippen molar-refractivity contribution < 1.29 is 0 Å². The molecule has 0 spiro atoms. The minimum absolute atomic E-state index is 0.631. The number of aromatic nitrogens is 6. The number of benzene rings is 9. The van der Waals surface area contributed by atoms with Gasteiger partial charge in [-0.2, -0.15) is 0 Å². The molecule has 6 nitrogen and oxygen atoms in total. The van der Waals surface area contributed by atoms with E-state index in [9.17, 15) is 0 Å². The molecule has 0 amide bonds. The molecule has 0 fully saturated rings. The third kappa shape index (κ3) is 5.55. The van der Waals surface area contributed by atoms with Crippen molar-refractivity contribution >= 4 is 65.4 Å². The molecule has 6 heteroatoms. The summed E-state index contributed by atoms with van der Waals surface area (Å²) in [5, 5.41) is 7.34. The normalized spacial score (nSPS) is 11.8. The first-order valence-corrected chi connectivity index (χ1v) is 21.3. The van der Waals surface area contributed by atoms with Crippen molar-refractivity contribution in [3.8, 4) is 51.2 Å². The van der Waals surface area contributed by atoms with E-state index in [1.54, 1.807) is 0 Å². The van der Waals surface area contributed by atoms with E-state index in [0.717, 1.165) is 50.3 Å². The fourth-order valence-corrected chi connectivity index (χ4v) is 9.64. The van der Waals surface area contributed by atoms with Crippen molar-refractivity contribution in [1.29, 1.82) is 0 Å². The zero-order chi connectivity index (χ0) is 41.4. The zero-order valence-electron chi connectivity index (χ0n) is 34.0. The van der Waals surface area contributed by atoms with Crippen LogP contribution in [0.1, 0.15) is 0 Å². The lowest BCUT2D eigenvalue weighted by atomic mass is 10.1. The minimum atomic E-state index is 0.631. The molecule has 0 saturated carbocycles. The van der Waals surface area contributed by atoms with Gasteiger partial charge in [-0.25, -0.2) is 15.0 Å². The van der Waals surface area contributed by atoms with E-state index in [1.165, 1.54) is 48.9 Å². The molecule has 294 valence electrons. The first kappa shape index (κ1) is 35.2. The fourth-order valence-electron chi connectivity index (χ4n) is 9.64. The average Bonchev–Trinajstić information content (AvgIpc) is 3.99. The number of para-hydroxylation sites is 4. The minimum Gasteiger partial charge on any atom is -0.309 e. The van der Waals surface area contributed by atoms with Crippen molar-refractivity contribution in [1.82, 2.24) is 28.7 Å². The molecular weight excluding hydrogens is 769 g/mol. The van der Waals surface area contributed by atoms with Gasteiger partial charge in [0.1, 0.15) is 0 Å². The molecule has 0 bridgehead atoms. The Hall–Kier alpha value is -8.61. The van der Waals surface area contributed by atoms with Gasteiger partial charge in [-0.3, -0.25) is 0 Å².